The molecule has 1 rings (SSSR count). The van der Waals surface area contributed by atoms with Crippen molar-refractivity contribution < 1.29 is 15.1 Å². The van der Waals surface area contributed by atoms with Crippen LogP contribution in [-0.4, -0.2) is 33.9 Å². The van der Waals surface area contributed by atoms with Gasteiger partial charge in [-0.15, -0.1) is 0 Å². The first-order chi connectivity index (χ1) is 8.96. The van der Waals surface area contributed by atoms with Gasteiger partial charge in [-0.3, -0.25) is 10.1 Å². The molecule has 0 aromatic heterocycles. The predicted octanol–water partition coefficient (Wildman–Crippen LogP) is 1.58. The molecule has 0 saturated carbocycles. The molecular formula is C12H17BrN2O4. The Bertz CT molecular complexity index is 441. The zero-order valence-electron chi connectivity index (χ0n) is 10.6. The molecule has 0 aliphatic rings. The molecule has 19 heavy (non-hydrogen) atoms. The summed E-state index contributed by atoms with van der Waals surface area (Å²) in [5.74, 6) is 0. The van der Waals surface area contributed by atoms with Gasteiger partial charge >= 0.3 is 0 Å². The number of nitro groups is 1. The molecule has 7 heteroatoms. The van der Waals surface area contributed by atoms with E-state index >= 15 is 0 Å². The largest absolute Gasteiger partial charge is 0.394 e. The zero-order chi connectivity index (χ0) is 14.5. The minimum Gasteiger partial charge on any atom is -0.394 e. The van der Waals surface area contributed by atoms with E-state index in [1.165, 1.54) is 12.1 Å². The van der Waals surface area contributed by atoms with Crippen molar-refractivity contribution in [2.75, 3.05) is 13.2 Å². The van der Waals surface area contributed by atoms with E-state index in [0.717, 1.165) is 0 Å². The Balaban J connectivity index is 2.85. The van der Waals surface area contributed by atoms with Gasteiger partial charge in [0.1, 0.15) is 0 Å². The minimum absolute atomic E-state index is 0.00118. The summed E-state index contributed by atoms with van der Waals surface area (Å²) in [6.45, 7) is 1.78. The standard InChI is InChI=1S/C12H17BrN2O4/c1-2-12(7-16,8-17)14-6-9-3-10(13)5-11(4-9)15(18)19/h3-5,14,16-17H,2,6-8H2,1H3. The third-order valence-electron chi connectivity index (χ3n) is 3.10. The van der Waals surface area contributed by atoms with Crippen LogP contribution < -0.4 is 5.32 Å². The molecular weight excluding hydrogens is 316 g/mol. The van der Waals surface area contributed by atoms with Crippen LogP contribution in [0.4, 0.5) is 5.69 Å². The summed E-state index contributed by atoms with van der Waals surface area (Å²) >= 11 is 3.22. The summed E-state index contributed by atoms with van der Waals surface area (Å²) in [4.78, 5) is 10.3. The highest BCUT2D eigenvalue weighted by Gasteiger charge is 2.25. The quantitative estimate of drug-likeness (QED) is 0.520. The summed E-state index contributed by atoms with van der Waals surface area (Å²) in [5, 5.41) is 32.4. The number of aliphatic hydroxyl groups is 2. The Labute approximate surface area is 119 Å². The normalized spacial score (nSPS) is 11.6. The van der Waals surface area contributed by atoms with Gasteiger partial charge in [0.05, 0.1) is 23.7 Å². The Morgan fingerprint density at radius 3 is 2.47 bits per heavy atom. The summed E-state index contributed by atoms with van der Waals surface area (Å²) in [6, 6.07) is 4.65. The molecule has 0 heterocycles. The minimum atomic E-state index is -0.767. The maximum absolute atomic E-state index is 10.8. The molecule has 6 nitrogen and oxygen atoms in total. The first-order valence-electron chi connectivity index (χ1n) is 5.87. The number of hydrogen-bond acceptors (Lipinski definition) is 5. The lowest BCUT2D eigenvalue weighted by atomic mass is 9.98. The molecule has 106 valence electrons. The highest BCUT2D eigenvalue weighted by molar-refractivity contribution is 9.10. The van der Waals surface area contributed by atoms with Crippen LogP contribution in [0, 0.1) is 10.1 Å². The summed E-state index contributed by atoms with van der Waals surface area (Å²) in [6.07, 6.45) is 0.552. The van der Waals surface area contributed by atoms with E-state index in [4.69, 9.17) is 0 Å². The maximum atomic E-state index is 10.8. The fraction of sp³-hybridized carbons (Fsp3) is 0.500. The second-order valence-electron chi connectivity index (χ2n) is 4.38. The topological polar surface area (TPSA) is 95.6 Å². The third-order valence-corrected chi connectivity index (χ3v) is 3.56. The monoisotopic (exact) mass is 332 g/mol. The van der Waals surface area contributed by atoms with Crippen LogP contribution in [0.3, 0.4) is 0 Å². The van der Waals surface area contributed by atoms with Crippen molar-refractivity contribution in [3.8, 4) is 0 Å². The van der Waals surface area contributed by atoms with Crippen LogP contribution in [0.1, 0.15) is 18.9 Å². The summed E-state index contributed by atoms with van der Waals surface area (Å²) in [5.41, 5.74) is -0.0565. The second-order valence-corrected chi connectivity index (χ2v) is 5.29. The lowest BCUT2D eigenvalue weighted by Crippen LogP contribution is -2.50. The van der Waals surface area contributed by atoms with E-state index in [1.54, 1.807) is 6.07 Å². The van der Waals surface area contributed by atoms with Gasteiger partial charge in [0.2, 0.25) is 0 Å². The van der Waals surface area contributed by atoms with Gasteiger partial charge in [-0.1, -0.05) is 22.9 Å². The molecule has 1 aromatic carbocycles. The number of nitrogens with zero attached hydrogens (tertiary/aromatic N) is 1. The number of nitrogens with one attached hydrogen (secondary N) is 1. The molecule has 3 N–H and O–H groups in total. The van der Waals surface area contributed by atoms with Gasteiger partial charge in [-0.05, 0) is 18.1 Å². The van der Waals surface area contributed by atoms with Gasteiger partial charge in [-0.2, -0.15) is 0 Å². The number of aliphatic hydroxyl groups excluding tert-OH is 2. The summed E-state index contributed by atoms with van der Waals surface area (Å²) in [7, 11) is 0. The lowest BCUT2D eigenvalue weighted by molar-refractivity contribution is -0.385. The van der Waals surface area contributed by atoms with Gasteiger partial charge in [0, 0.05) is 23.2 Å². The maximum Gasteiger partial charge on any atom is 0.270 e. The van der Waals surface area contributed by atoms with Crippen molar-refractivity contribution in [1.82, 2.24) is 5.32 Å². The van der Waals surface area contributed by atoms with Crippen LogP contribution in [0.15, 0.2) is 22.7 Å². The Morgan fingerprint density at radius 2 is 2.00 bits per heavy atom. The Morgan fingerprint density at radius 1 is 1.37 bits per heavy atom. The van der Waals surface area contributed by atoms with Crippen LogP contribution in [0.2, 0.25) is 0 Å². The third kappa shape index (κ3) is 4.24. The molecule has 0 fully saturated rings. The van der Waals surface area contributed by atoms with Crippen molar-refractivity contribution in [3.05, 3.63) is 38.3 Å². The first kappa shape index (κ1) is 16.0. The predicted molar refractivity (Wildman–Crippen MR) is 74.8 cm³/mol. The van der Waals surface area contributed by atoms with Crippen molar-refractivity contribution in [2.24, 2.45) is 0 Å². The molecule has 0 amide bonds. The number of halogens is 1. The number of nitro benzene ring substituents is 1. The highest BCUT2D eigenvalue weighted by atomic mass is 79.9. The molecule has 1 aromatic rings. The SMILES string of the molecule is CCC(CO)(CO)NCc1cc(Br)cc([N+](=O)[O-])c1. The Hall–Kier alpha value is -1.02. The van der Waals surface area contributed by atoms with E-state index in [1.807, 2.05) is 6.92 Å². The van der Waals surface area contributed by atoms with Crippen molar-refractivity contribution in [3.63, 3.8) is 0 Å². The first-order valence-corrected chi connectivity index (χ1v) is 6.66. The molecule has 0 atom stereocenters. The average molecular weight is 333 g/mol. The van der Waals surface area contributed by atoms with Crippen molar-refractivity contribution in [2.45, 2.75) is 25.4 Å². The average Bonchev–Trinajstić information content (AvgIpc) is 2.40. The zero-order valence-corrected chi connectivity index (χ0v) is 12.2. The van der Waals surface area contributed by atoms with Crippen LogP contribution in [0.25, 0.3) is 0 Å². The molecule has 0 aliphatic heterocycles. The number of non-ortho nitro benzene ring substituents is 1. The van der Waals surface area contributed by atoms with Crippen LogP contribution in [0.5, 0.6) is 0 Å². The van der Waals surface area contributed by atoms with E-state index in [2.05, 4.69) is 21.2 Å². The van der Waals surface area contributed by atoms with E-state index in [-0.39, 0.29) is 18.9 Å². The molecule has 0 bridgehead atoms. The van der Waals surface area contributed by atoms with Crippen LogP contribution >= 0.6 is 15.9 Å². The fourth-order valence-electron chi connectivity index (χ4n) is 1.64. The lowest BCUT2D eigenvalue weighted by Gasteiger charge is -2.29. The van der Waals surface area contributed by atoms with Crippen molar-refractivity contribution >= 4 is 21.6 Å². The number of rotatable bonds is 7. The van der Waals surface area contributed by atoms with E-state index in [9.17, 15) is 20.3 Å². The van der Waals surface area contributed by atoms with E-state index < -0.39 is 10.5 Å². The van der Waals surface area contributed by atoms with Crippen LogP contribution in [-0.2, 0) is 6.54 Å². The highest BCUT2D eigenvalue weighted by Crippen LogP contribution is 2.22. The van der Waals surface area contributed by atoms with Gasteiger partial charge in [0.25, 0.3) is 5.69 Å². The molecule has 0 radical (unpaired) electrons. The molecule has 0 saturated heterocycles. The Kier molecular flexibility index (Phi) is 5.86. The number of benzene rings is 1. The fourth-order valence-corrected chi connectivity index (χ4v) is 2.17. The number of hydrogen-bond donors (Lipinski definition) is 3. The molecule has 0 unspecified atom stereocenters. The van der Waals surface area contributed by atoms with E-state index in [0.29, 0.717) is 23.0 Å². The second kappa shape index (κ2) is 6.95. The van der Waals surface area contributed by atoms with Gasteiger partial charge < -0.3 is 15.5 Å². The smallest absolute Gasteiger partial charge is 0.270 e. The molecule has 0 spiro atoms. The van der Waals surface area contributed by atoms with Gasteiger partial charge in [-0.25, -0.2) is 0 Å². The van der Waals surface area contributed by atoms with Crippen molar-refractivity contribution in [1.29, 1.82) is 0 Å². The van der Waals surface area contributed by atoms with Gasteiger partial charge in [0.15, 0.2) is 0 Å². The summed E-state index contributed by atoms with van der Waals surface area (Å²) < 4.78 is 0.619. The molecule has 0 aliphatic carbocycles.